The zero-order valence-corrected chi connectivity index (χ0v) is 30.3. The highest BCUT2D eigenvalue weighted by Gasteiger charge is 2.29. The molecule has 0 saturated carbocycles. The van der Waals surface area contributed by atoms with Crippen molar-refractivity contribution in [2.45, 2.75) is 90.1 Å². The van der Waals surface area contributed by atoms with Gasteiger partial charge in [0.25, 0.3) is 47.7 Å². The summed E-state index contributed by atoms with van der Waals surface area (Å²) in [7, 11) is -9.02. The molecule has 0 aromatic rings. The first kappa shape index (κ1) is 32.6. The van der Waals surface area contributed by atoms with Gasteiger partial charge in [0.2, 0.25) is 9.07 Å². The van der Waals surface area contributed by atoms with Crippen molar-refractivity contribution in [2.75, 3.05) is 0 Å². The van der Waals surface area contributed by atoms with E-state index >= 15 is 0 Å². The molecule has 0 aliphatic carbocycles. The average molecular weight is 600 g/mol. The topological polar surface area (TPSA) is 55.4 Å². The Morgan fingerprint density at radius 1 is 0.806 bits per heavy atom. The van der Waals surface area contributed by atoms with Crippen LogP contribution in [-0.2, 0) is 24.7 Å². The highest BCUT2D eigenvalue weighted by molar-refractivity contribution is 7.17. The molecule has 0 saturated heterocycles. The van der Waals surface area contributed by atoms with Crippen LogP contribution in [-0.4, -0.2) is 66.0 Å². The molecule has 31 heavy (non-hydrogen) atoms. The van der Waals surface area contributed by atoms with Crippen molar-refractivity contribution in [3.05, 3.63) is 12.3 Å². The van der Waals surface area contributed by atoms with Crippen LogP contribution in [0.3, 0.4) is 0 Å². The van der Waals surface area contributed by atoms with E-state index in [1.807, 2.05) is 0 Å². The van der Waals surface area contributed by atoms with Crippen LogP contribution in [0, 0.1) is 0 Å². The molecule has 0 rings (SSSR count). The Balaban J connectivity index is 3.63. The molecule has 0 heterocycles. The van der Waals surface area contributed by atoms with Gasteiger partial charge >= 0.3 is 9.28 Å². The summed E-state index contributed by atoms with van der Waals surface area (Å²) in [5.41, 5.74) is 1.80. The normalized spacial score (nSPS) is 16.4. The molecule has 0 N–H and O–H groups in total. The first-order valence-electron chi connectivity index (χ1n) is 11.5. The van der Waals surface area contributed by atoms with Crippen LogP contribution in [0.5, 0.6) is 0 Å². The Morgan fingerprint density at radius 2 is 1.29 bits per heavy atom. The van der Waals surface area contributed by atoms with E-state index in [1.54, 1.807) is 5.70 Å². The monoisotopic (exact) mass is 598 g/mol. The second kappa shape index (κ2) is 24.7. The first-order valence-corrected chi connectivity index (χ1v) is 24.1. The van der Waals surface area contributed by atoms with Gasteiger partial charge in [0.05, 0.1) is 0 Å². The summed E-state index contributed by atoms with van der Waals surface area (Å²) in [5, 5.41) is 0. The van der Waals surface area contributed by atoms with Crippen molar-refractivity contribution in [1.82, 2.24) is 0 Å². The van der Waals surface area contributed by atoms with Gasteiger partial charge in [0, 0.05) is 0 Å². The third-order valence-corrected chi connectivity index (χ3v) is 19.1. The number of halogens is 2. The maximum absolute atomic E-state index is 6.71. The molecule has 2 unspecified atom stereocenters. The fraction of sp³-hybridized carbons (Fsp3) is 0.875. The Kier molecular flexibility index (Phi) is 26.0. The van der Waals surface area contributed by atoms with Crippen LogP contribution < -0.4 is 0 Å². The zero-order chi connectivity index (χ0) is 23.0. The summed E-state index contributed by atoms with van der Waals surface area (Å²) < 4.78 is 33.5. The molecule has 0 amide bonds. The maximum atomic E-state index is 6.71. The van der Waals surface area contributed by atoms with Gasteiger partial charge in [-0.15, -0.1) is 28.7 Å². The predicted molar refractivity (Wildman–Crippen MR) is 151 cm³/mol. The minimum Gasteiger partial charge on any atom is -0.433 e. The molecular weight excluding hydrogens is 556 g/mol. The summed E-state index contributed by atoms with van der Waals surface area (Å²) in [6.07, 6.45) is 14.7. The lowest BCUT2D eigenvalue weighted by atomic mass is 10.1. The largest absolute Gasteiger partial charge is 0.433 e. The Morgan fingerprint density at radius 3 is 1.81 bits per heavy atom. The lowest BCUT2D eigenvalue weighted by molar-refractivity contribution is 0.370. The van der Waals surface area contributed by atoms with Gasteiger partial charge < -0.3 is 24.7 Å². The molecule has 2 atom stereocenters. The second-order valence-electron chi connectivity index (χ2n) is 7.67. The van der Waals surface area contributed by atoms with E-state index in [-0.39, 0.29) is 0 Å². The van der Waals surface area contributed by atoms with Gasteiger partial charge in [-0.05, 0) is 12.6 Å². The van der Waals surface area contributed by atoms with E-state index < -0.39 is 66.0 Å². The van der Waals surface area contributed by atoms with Crippen molar-refractivity contribution < 1.29 is 24.7 Å². The fourth-order valence-corrected chi connectivity index (χ4v) is 17.3. The summed E-state index contributed by atoms with van der Waals surface area (Å²) in [6, 6.07) is 0.965. The Labute approximate surface area is 214 Å². The Bertz CT molecular complexity index is 405. The summed E-state index contributed by atoms with van der Waals surface area (Å²) in [5.74, 6) is 0. The number of rotatable bonds is 25. The van der Waals surface area contributed by atoms with Gasteiger partial charge in [-0.25, -0.2) is 0 Å². The minimum atomic E-state index is -2.22. The van der Waals surface area contributed by atoms with Crippen molar-refractivity contribution in [3.8, 4) is 0 Å². The molecule has 0 radical (unpaired) electrons. The van der Waals surface area contributed by atoms with Crippen LogP contribution in [0.4, 0.5) is 0 Å². The molecule has 0 spiro atoms. The summed E-state index contributed by atoms with van der Waals surface area (Å²) in [4.78, 5) is 0. The standard InChI is InChI=1S/C16H44Cl2O6Si7/c1-4-6-7-8-9-10-11-12-13-14-15-16-31(3,18)24-30(5-2)23-29-22-28-21-27-20-26-19-25-17/h5,30H,2,4,6-16,25-29H2,1,3H3. The van der Waals surface area contributed by atoms with E-state index in [0.29, 0.717) is 0 Å². The molecule has 186 valence electrons. The summed E-state index contributed by atoms with van der Waals surface area (Å²) >= 11 is 12.3. The average Bonchev–Trinajstić information content (AvgIpc) is 2.75. The van der Waals surface area contributed by atoms with E-state index in [4.69, 9.17) is 46.8 Å². The third kappa shape index (κ3) is 24.5. The lowest BCUT2D eigenvalue weighted by Crippen LogP contribution is -2.38. The minimum absolute atomic E-state index is 0.859. The lowest BCUT2D eigenvalue weighted by Gasteiger charge is -2.25. The van der Waals surface area contributed by atoms with Gasteiger partial charge in [0.15, 0.2) is 0 Å². The van der Waals surface area contributed by atoms with Gasteiger partial charge in [-0.2, -0.15) is 0 Å². The SMILES string of the molecule is C=C[SiH](O[SiH2]O[SiH2]O[SiH2]O[SiH2]O[SiH2]Cl)O[Si](C)(Cl)CCCCCCCCCCCCC. The molecule has 6 nitrogen and oxygen atoms in total. The number of unbranched alkanes of at least 4 members (excludes halogenated alkanes) is 10. The molecular formula is C16H44Cl2O6Si7. The van der Waals surface area contributed by atoms with E-state index in [1.165, 1.54) is 64.2 Å². The third-order valence-electron chi connectivity index (χ3n) is 4.67. The van der Waals surface area contributed by atoms with E-state index in [9.17, 15) is 0 Å². The van der Waals surface area contributed by atoms with Crippen LogP contribution in [0.2, 0.25) is 12.6 Å². The summed E-state index contributed by atoms with van der Waals surface area (Å²) in [6.45, 7) is 8.19. The highest BCUT2D eigenvalue weighted by Crippen LogP contribution is 2.22. The molecule has 0 aromatic heterocycles. The van der Waals surface area contributed by atoms with Crippen molar-refractivity contribution in [3.63, 3.8) is 0 Å². The van der Waals surface area contributed by atoms with Gasteiger partial charge in [-0.3, -0.25) is 0 Å². The molecule has 0 fully saturated rings. The van der Waals surface area contributed by atoms with Crippen molar-refractivity contribution in [1.29, 1.82) is 0 Å². The fourth-order valence-electron chi connectivity index (χ4n) is 2.98. The predicted octanol–water partition coefficient (Wildman–Crippen LogP) is 1.89. The number of hydrogen-bond acceptors (Lipinski definition) is 6. The van der Waals surface area contributed by atoms with E-state index in [2.05, 4.69) is 20.0 Å². The second-order valence-corrected chi connectivity index (χ2v) is 24.6. The van der Waals surface area contributed by atoms with Crippen LogP contribution in [0.15, 0.2) is 12.3 Å². The van der Waals surface area contributed by atoms with Crippen molar-refractivity contribution >= 4 is 88.2 Å². The van der Waals surface area contributed by atoms with Gasteiger partial charge in [-0.1, -0.05) is 83.3 Å². The van der Waals surface area contributed by atoms with Crippen LogP contribution in [0.1, 0.15) is 77.6 Å². The quantitative estimate of drug-likeness (QED) is 0.0908. The smallest absolute Gasteiger partial charge is 0.329 e. The Hall–Kier alpha value is 1.60. The molecule has 0 aliphatic rings. The van der Waals surface area contributed by atoms with Gasteiger partial charge in [0.1, 0.15) is 0 Å². The maximum Gasteiger partial charge on any atom is 0.329 e. The van der Waals surface area contributed by atoms with Crippen molar-refractivity contribution in [2.24, 2.45) is 0 Å². The molecule has 15 heteroatoms. The zero-order valence-electron chi connectivity index (χ0n) is 19.6. The number of hydrogen-bond donors (Lipinski definition) is 0. The molecule has 0 aliphatic heterocycles. The van der Waals surface area contributed by atoms with E-state index in [0.717, 1.165) is 12.5 Å². The first-order chi connectivity index (χ1) is 15.1. The molecule has 0 bridgehead atoms. The highest BCUT2D eigenvalue weighted by atomic mass is 35.6. The van der Waals surface area contributed by atoms with Crippen LogP contribution >= 0.6 is 22.2 Å². The molecule has 0 aromatic carbocycles. The van der Waals surface area contributed by atoms with Crippen LogP contribution in [0.25, 0.3) is 0 Å².